The Kier molecular flexibility index (Phi) is 4.40. The maximum absolute atomic E-state index is 9.47. The lowest BCUT2D eigenvalue weighted by Crippen LogP contribution is -2.09. The SMILES string of the molecule is OC(CCCBr)Cc1ccco1. The summed E-state index contributed by atoms with van der Waals surface area (Å²) < 4.78 is 5.11. The zero-order valence-corrected chi connectivity index (χ0v) is 8.46. The van der Waals surface area contributed by atoms with Gasteiger partial charge in [0.2, 0.25) is 0 Å². The maximum atomic E-state index is 9.47. The Hall–Kier alpha value is -0.280. The highest BCUT2D eigenvalue weighted by Crippen LogP contribution is 2.08. The molecule has 1 N–H and O–H groups in total. The molecule has 1 atom stereocenters. The molecule has 1 heterocycles. The van der Waals surface area contributed by atoms with Gasteiger partial charge >= 0.3 is 0 Å². The Morgan fingerprint density at radius 1 is 1.58 bits per heavy atom. The van der Waals surface area contributed by atoms with Gasteiger partial charge in [-0.25, -0.2) is 0 Å². The minimum Gasteiger partial charge on any atom is -0.469 e. The van der Waals surface area contributed by atoms with E-state index in [1.807, 2.05) is 12.1 Å². The van der Waals surface area contributed by atoms with Crippen molar-refractivity contribution in [2.75, 3.05) is 5.33 Å². The first-order valence-electron chi connectivity index (χ1n) is 4.09. The second-order valence-electron chi connectivity index (χ2n) is 2.77. The molecule has 68 valence electrons. The summed E-state index contributed by atoms with van der Waals surface area (Å²) in [4.78, 5) is 0. The molecule has 1 aromatic rings. The molecule has 3 heteroatoms. The van der Waals surface area contributed by atoms with Crippen LogP contribution in [0.1, 0.15) is 18.6 Å². The number of hydrogen-bond acceptors (Lipinski definition) is 2. The van der Waals surface area contributed by atoms with Gasteiger partial charge in [0.05, 0.1) is 12.4 Å². The van der Waals surface area contributed by atoms with Crippen LogP contribution in [0.2, 0.25) is 0 Å². The normalized spacial score (nSPS) is 13.2. The van der Waals surface area contributed by atoms with Crippen molar-refractivity contribution >= 4 is 15.9 Å². The van der Waals surface area contributed by atoms with Crippen LogP contribution in [0.25, 0.3) is 0 Å². The third-order valence-corrected chi connectivity index (χ3v) is 2.25. The predicted octanol–water partition coefficient (Wildman–Crippen LogP) is 2.36. The number of alkyl halides is 1. The van der Waals surface area contributed by atoms with E-state index in [4.69, 9.17) is 4.42 Å². The summed E-state index contributed by atoms with van der Waals surface area (Å²) in [6.07, 6.45) is 3.81. The van der Waals surface area contributed by atoms with Crippen LogP contribution in [0, 0.1) is 0 Å². The number of hydrogen-bond donors (Lipinski definition) is 1. The van der Waals surface area contributed by atoms with E-state index in [2.05, 4.69) is 15.9 Å². The molecular weight excluding hydrogens is 220 g/mol. The molecule has 0 radical (unpaired) electrons. The summed E-state index contributed by atoms with van der Waals surface area (Å²) in [5, 5.41) is 10.4. The molecule has 0 aromatic carbocycles. The van der Waals surface area contributed by atoms with Crippen LogP contribution in [0.5, 0.6) is 0 Å². The van der Waals surface area contributed by atoms with Gasteiger partial charge in [-0.05, 0) is 25.0 Å². The van der Waals surface area contributed by atoms with E-state index in [9.17, 15) is 5.11 Å². The molecule has 0 spiro atoms. The molecule has 0 aliphatic rings. The third kappa shape index (κ3) is 3.41. The zero-order valence-electron chi connectivity index (χ0n) is 6.87. The van der Waals surface area contributed by atoms with Crippen LogP contribution in [0.3, 0.4) is 0 Å². The van der Waals surface area contributed by atoms with Crippen LogP contribution in [-0.2, 0) is 6.42 Å². The first kappa shape index (κ1) is 9.81. The molecule has 0 fully saturated rings. The molecule has 1 unspecified atom stereocenters. The van der Waals surface area contributed by atoms with Crippen LogP contribution in [0.4, 0.5) is 0 Å². The van der Waals surface area contributed by atoms with Gasteiger partial charge in [-0.3, -0.25) is 0 Å². The molecular formula is C9H13BrO2. The number of aliphatic hydroxyl groups is 1. The zero-order chi connectivity index (χ0) is 8.81. The minimum atomic E-state index is -0.270. The van der Waals surface area contributed by atoms with Crippen LogP contribution < -0.4 is 0 Å². The average molecular weight is 233 g/mol. The first-order chi connectivity index (χ1) is 5.83. The fraction of sp³-hybridized carbons (Fsp3) is 0.556. The topological polar surface area (TPSA) is 33.4 Å². The molecule has 0 bridgehead atoms. The first-order valence-corrected chi connectivity index (χ1v) is 5.21. The van der Waals surface area contributed by atoms with E-state index in [0.29, 0.717) is 6.42 Å². The molecule has 0 aliphatic carbocycles. The van der Waals surface area contributed by atoms with E-state index < -0.39 is 0 Å². The Balaban J connectivity index is 2.22. The molecule has 0 saturated heterocycles. The fourth-order valence-corrected chi connectivity index (χ4v) is 1.40. The van der Waals surface area contributed by atoms with Crippen LogP contribution in [-0.4, -0.2) is 16.5 Å². The second-order valence-corrected chi connectivity index (χ2v) is 3.56. The fourth-order valence-electron chi connectivity index (χ4n) is 1.08. The van der Waals surface area contributed by atoms with E-state index in [-0.39, 0.29) is 6.10 Å². The monoisotopic (exact) mass is 232 g/mol. The average Bonchev–Trinajstić information content (AvgIpc) is 2.53. The van der Waals surface area contributed by atoms with Crippen LogP contribution >= 0.6 is 15.9 Å². The predicted molar refractivity (Wildman–Crippen MR) is 51.4 cm³/mol. The van der Waals surface area contributed by atoms with Crippen molar-refractivity contribution in [3.05, 3.63) is 24.2 Å². The van der Waals surface area contributed by atoms with Gasteiger partial charge in [0.15, 0.2) is 0 Å². The molecule has 1 rings (SSSR count). The van der Waals surface area contributed by atoms with Crippen molar-refractivity contribution in [3.8, 4) is 0 Å². The maximum Gasteiger partial charge on any atom is 0.106 e. The van der Waals surface area contributed by atoms with E-state index >= 15 is 0 Å². The lowest BCUT2D eigenvalue weighted by molar-refractivity contribution is 0.157. The third-order valence-electron chi connectivity index (χ3n) is 1.69. The van der Waals surface area contributed by atoms with Crippen LogP contribution in [0.15, 0.2) is 22.8 Å². The van der Waals surface area contributed by atoms with E-state index in [1.165, 1.54) is 0 Å². The Bertz CT molecular complexity index is 196. The van der Waals surface area contributed by atoms with Gasteiger partial charge < -0.3 is 9.52 Å². The number of rotatable bonds is 5. The Labute approximate surface area is 80.7 Å². The lowest BCUT2D eigenvalue weighted by Gasteiger charge is -2.06. The van der Waals surface area contributed by atoms with Crippen molar-refractivity contribution in [2.24, 2.45) is 0 Å². The number of aliphatic hydroxyl groups excluding tert-OH is 1. The molecule has 0 amide bonds. The van der Waals surface area contributed by atoms with Gasteiger partial charge in [0.1, 0.15) is 5.76 Å². The van der Waals surface area contributed by atoms with Crippen molar-refractivity contribution in [3.63, 3.8) is 0 Å². The summed E-state index contributed by atoms with van der Waals surface area (Å²) in [6.45, 7) is 0. The van der Waals surface area contributed by atoms with E-state index in [1.54, 1.807) is 6.26 Å². The summed E-state index contributed by atoms with van der Waals surface area (Å²) in [5.74, 6) is 0.858. The smallest absolute Gasteiger partial charge is 0.106 e. The van der Waals surface area contributed by atoms with Gasteiger partial charge in [-0.1, -0.05) is 15.9 Å². The van der Waals surface area contributed by atoms with Crippen molar-refractivity contribution < 1.29 is 9.52 Å². The number of furan rings is 1. The highest BCUT2D eigenvalue weighted by Gasteiger charge is 2.06. The number of halogens is 1. The standard InChI is InChI=1S/C9H13BrO2/c10-5-1-3-8(11)7-9-4-2-6-12-9/h2,4,6,8,11H,1,3,5,7H2. The second kappa shape index (κ2) is 5.38. The highest BCUT2D eigenvalue weighted by atomic mass is 79.9. The lowest BCUT2D eigenvalue weighted by atomic mass is 10.1. The molecule has 1 aromatic heterocycles. The summed E-state index contributed by atoms with van der Waals surface area (Å²) >= 11 is 3.32. The summed E-state index contributed by atoms with van der Waals surface area (Å²) in [6, 6.07) is 3.73. The molecule has 0 saturated carbocycles. The van der Waals surface area contributed by atoms with Gasteiger partial charge in [-0.2, -0.15) is 0 Å². The van der Waals surface area contributed by atoms with Crippen molar-refractivity contribution in [1.82, 2.24) is 0 Å². The molecule has 12 heavy (non-hydrogen) atoms. The summed E-state index contributed by atoms with van der Waals surface area (Å²) in [5.41, 5.74) is 0. The molecule has 2 nitrogen and oxygen atoms in total. The minimum absolute atomic E-state index is 0.270. The van der Waals surface area contributed by atoms with Gasteiger partial charge in [0, 0.05) is 11.8 Å². The van der Waals surface area contributed by atoms with Crippen molar-refractivity contribution in [2.45, 2.75) is 25.4 Å². The largest absolute Gasteiger partial charge is 0.469 e. The van der Waals surface area contributed by atoms with Gasteiger partial charge in [0.25, 0.3) is 0 Å². The molecule has 0 aliphatic heterocycles. The Morgan fingerprint density at radius 2 is 2.42 bits per heavy atom. The van der Waals surface area contributed by atoms with E-state index in [0.717, 1.165) is 23.9 Å². The van der Waals surface area contributed by atoms with Gasteiger partial charge in [-0.15, -0.1) is 0 Å². The summed E-state index contributed by atoms with van der Waals surface area (Å²) in [7, 11) is 0. The van der Waals surface area contributed by atoms with Crippen molar-refractivity contribution in [1.29, 1.82) is 0 Å². The quantitative estimate of drug-likeness (QED) is 0.792. The highest BCUT2D eigenvalue weighted by molar-refractivity contribution is 9.09. The Morgan fingerprint density at radius 3 is 3.00 bits per heavy atom.